The van der Waals surface area contributed by atoms with Crippen molar-refractivity contribution in [1.82, 2.24) is 10.6 Å². The Balaban J connectivity index is 2.15. The van der Waals surface area contributed by atoms with E-state index in [1.54, 1.807) is 11.8 Å². The lowest BCUT2D eigenvalue weighted by Crippen LogP contribution is -2.38. The van der Waals surface area contributed by atoms with Crippen molar-refractivity contribution in [2.24, 2.45) is 0 Å². The summed E-state index contributed by atoms with van der Waals surface area (Å²) in [4.78, 5) is 12.8. The van der Waals surface area contributed by atoms with Crippen LogP contribution in [-0.2, 0) is 4.79 Å². The van der Waals surface area contributed by atoms with Gasteiger partial charge in [0, 0.05) is 34.7 Å². The molecule has 0 bridgehead atoms. The molecule has 1 rings (SSSR count). The molecule has 0 aromatic heterocycles. The summed E-state index contributed by atoms with van der Waals surface area (Å²) in [7, 11) is 0. The zero-order valence-electron chi connectivity index (χ0n) is 11.4. The van der Waals surface area contributed by atoms with Crippen LogP contribution in [0.2, 0.25) is 5.02 Å². The number of carbonyl (C=O) groups excluding carboxylic acids is 1. The monoisotopic (exact) mass is 300 g/mol. The Kier molecular flexibility index (Phi) is 7.94. The standard InChI is InChI=1S/C14H21ClN2OS/c1-3-16-11(2)10-17-14(18)8-9-19-13-6-4-12(15)5-7-13/h4-7,11,16H,3,8-10H2,1-2H3,(H,17,18)/t11-/m1/s1. The molecule has 0 saturated heterocycles. The normalized spacial score (nSPS) is 12.2. The molecular formula is C14H21ClN2OS. The van der Waals surface area contributed by atoms with E-state index in [2.05, 4.69) is 24.5 Å². The quantitative estimate of drug-likeness (QED) is 0.725. The number of rotatable bonds is 8. The molecule has 0 spiro atoms. The molecule has 5 heteroatoms. The van der Waals surface area contributed by atoms with Gasteiger partial charge in [-0.25, -0.2) is 0 Å². The van der Waals surface area contributed by atoms with Crippen LogP contribution in [0.3, 0.4) is 0 Å². The second-order valence-corrected chi connectivity index (χ2v) is 5.92. The van der Waals surface area contributed by atoms with Gasteiger partial charge >= 0.3 is 0 Å². The van der Waals surface area contributed by atoms with E-state index < -0.39 is 0 Å². The van der Waals surface area contributed by atoms with Gasteiger partial charge in [0.25, 0.3) is 0 Å². The molecule has 1 aromatic carbocycles. The topological polar surface area (TPSA) is 41.1 Å². The van der Waals surface area contributed by atoms with Crippen molar-refractivity contribution in [3.8, 4) is 0 Å². The minimum Gasteiger partial charge on any atom is -0.355 e. The zero-order chi connectivity index (χ0) is 14.1. The Hall–Kier alpha value is -0.710. The van der Waals surface area contributed by atoms with Crippen LogP contribution >= 0.6 is 23.4 Å². The van der Waals surface area contributed by atoms with Crippen LogP contribution in [0, 0.1) is 0 Å². The number of hydrogen-bond donors (Lipinski definition) is 2. The van der Waals surface area contributed by atoms with Gasteiger partial charge in [-0.2, -0.15) is 0 Å². The number of likely N-dealkylation sites (N-methyl/N-ethyl adjacent to an activating group) is 1. The van der Waals surface area contributed by atoms with Crippen LogP contribution in [0.25, 0.3) is 0 Å². The largest absolute Gasteiger partial charge is 0.355 e. The van der Waals surface area contributed by atoms with Crippen LogP contribution in [0.1, 0.15) is 20.3 Å². The second-order valence-electron chi connectivity index (χ2n) is 4.32. The number of nitrogens with one attached hydrogen (secondary N) is 2. The third kappa shape index (κ3) is 7.45. The first-order chi connectivity index (χ1) is 9.11. The fraction of sp³-hybridized carbons (Fsp3) is 0.500. The smallest absolute Gasteiger partial charge is 0.220 e. The number of halogens is 1. The minimum absolute atomic E-state index is 0.103. The molecule has 2 N–H and O–H groups in total. The van der Waals surface area contributed by atoms with Gasteiger partial charge in [0.1, 0.15) is 0 Å². The molecule has 1 atom stereocenters. The second kappa shape index (κ2) is 9.23. The van der Waals surface area contributed by atoms with Crippen LogP contribution in [0.5, 0.6) is 0 Å². The lowest BCUT2D eigenvalue weighted by Gasteiger charge is -2.13. The lowest BCUT2D eigenvalue weighted by atomic mass is 10.3. The van der Waals surface area contributed by atoms with E-state index in [9.17, 15) is 4.79 Å². The fourth-order valence-electron chi connectivity index (χ4n) is 1.57. The van der Waals surface area contributed by atoms with Gasteiger partial charge in [-0.1, -0.05) is 18.5 Å². The Morgan fingerprint density at radius 2 is 2.05 bits per heavy atom. The van der Waals surface area contributed by atoms with Gasteiger partial charge in [-0.15, -0.1) is 11.8 Å². The molecule has 3 nitrogen and oxygen atoms in total. The molecule has 0 radical (unpaired) electrons. The van der Waals surface area contributed by atoms with Gasteiger partial charge in [0.2, 0.25) is 5.91 Å². The van der Waals surface area contributed by atoms with E-state index in [1.165, 1.54) is 0 Å². The number of benzene rings is 1. The first kappa shape index (κ1) is 16.3. The maximum atomic E-state index is 11.6. The SMILES string of the molecule is CCN[C@H](C)CNC(=O)CCSc1ccc(Cl)cc1. The highest BCUT2D eigenvalue weighted by molar-refractivity contribution is 7.99. The predicted molar refractivity (Wildman–Crippen MR) is 82.9 cm³/mol. The highest BCUT2D eigenvalue weighted by Crippen LogP contribution is 2.20. The third-order valence-electron chi connectivity index (χ3n) is 2.57. The highest BCUT2D eigenvalue weighted by atomic mass is 35.5. The molecule has 0 saturated carbocycles. The van der Waals surface area contributed by atoms with E-state index in [1.807, 2.05) is 24.3 Å². The summed E-state index contributed by atoms with van der Waals surface area (Å²) < 4.78 is 0. The van der Waals surface area contributed by atoms with E-state index >= 15 is 0 Å². The van der Waals surface area contributed by atoms with Crippen LogP contribution in [-0.4, -0.2) is 30.8 Å². The molecular weight excluding hydrogens is 280 g/mol. The summed E-state index contributed by atoms with van der Waals surface area (Å²) in [6.45, 7) is 5.72. The molecule has 0 fully saturated rings. The Bertz CT molecular complexity index is 384. The average molecular weight is 301 g/mol. The van der Waals surface area contributed by atoms with Crippen molar-refractivity contribution < 1.29 is 4.79 Å². The van der Waals surface area contributed by atoms with Gasteiger partial charge in [0.05, 0.1) is 0 Å². The molecule has 1 aromatic rings. The average Bonchev–Trinajstić information content (AvgIpc) is 2.39. The van der Waals surface area contributed by atoms with Crippen molar-refractivity contribution in [2.45, 2.75) is 31.2 Å². The van der Waals surface area contributed by atoms with Crippen molar-refractivity contribution in [3.05, 3.63) is 29.3 Å². The summed E-state index contributed by atoms with van der Waals surface area (Å²) >= 11 is 7.48. The van der Waals surface area contributed by atoms with E-state index in [-0.39, 0.29) is 5.91 Å². The van der Waals surface area contributed by atoms with E-state index in [0.717, 1.165) is 22.2 Å². The summed E-state index contributed by atoms with van der Waals surface area (Å²) in [5.41, 5.74) is 0. The summed E-state index contributed by atoms with van der Waals surface area (Å²) in [6.07, 6.45) is 0.534. The van der Waals surface area contributed by atoms with Gasteiger partial charge in [0.15, 0.2) is 0 Å². The molecule has 0 aliphatic heterocycles. The van der Waals surface area contributed by atoms with Crippen molar-refractivity contribution in [3.63, 3.8) is 0 Å². The first-order valence-corrected chi connectivity index (χ1v) is 7.86. The maximum Gasteiger partial charge on any atom is 0.220 e. The van der Waals surface area contributed by atoms with Crippen LogP contribution in [0.4, 0.5) is 0 Å². The van der Waals surface area contributed by atoms with Crippen molar-refractivity contribution in [1.29, 1.82) is 0 Å². The molecule has 1 amide bonds. The van der Waals surface area contributed by atoms with E-state index in [4.69, 9.17) is 11.6 Å². The Morgan fingerprint density at radius 3 is 2.68 bits per heavy atom. The number of amides is 1. The lowest BCUT2D eigenvalue weighted by molar-refractivity contribution is -0.120. The first-order valence-electron chi connectivity index (χ1n) is 6.50. The van der Waals surface area contributed by atoms with Gasteiger partial charge in [-0.3, -0.25) is 4.79 Å². The molecule has 0 aliphatic carbocycles. The zero-order valence-corrected chi connectivity index (χ0v) is 13.0. The Labute approximate surface area is 124 Å². The molecule has 0 unspecified atom stereocenters. The molecule has 19 heavy (non-hydrogen) atoms. The molecule has 0 aliphatic rings. The van der Waals surface area contributed by atoms with Crippen LogP contribution < -0.4 is 10.6 Å². The third-order valence-corrected chi connectivity index (χ3v) is 3.84. The minimum atomic E-state index is 0.103. The fourth-order valence-corrected chi connectivity index (χ4v) is 2.55. The number of carbonyl (C=O) groups is 1. The highest BCUT2D eigenvalue weighted by Gasteiger charge is 2.04. The molecule has 106 valence electrons. The number of hydrogen-bond acceptors (Lipinski definition) is 3. The summed E-state index contributed by atoms with van der Waals surface area (Å²) in [5, 5.41) is 6.92. The molecule has 0 heterocycles. The van der Waals surface area contributed by atoms with Crippen molar-refractivity contribution in [2.75, 3.05) is 18.8 Å². The maximum absolute atomic E-state index is 11.6. The number of thioether (sulfide) groups is 1. The van der Waals surface area contributed by atoms with Gasteiger partial charge < -0.3 is 10.6 Å². The van der Waals surface area contributed by atoms with E-state index in [0.29, 0.717) is 19.0 Å². The summed E-state index contributed by atoms with van der Waals surface area (Å²) in [6, 6.07) is 7.98. The van der Waals surface area contributed by atoms with Crippen molar-refractivity contribution >= 4 is 29.3 Å². The predicted octanol–water partition coefficient (Wildman–Crippen LogP) is 2.94. The Morgan fingerprint density at radius 1 is 1.37 bits per heavy atom. The summed E-state index contributed by atoms with van der Waals surface area (Å²) in [5.74, 6) is 0.884. The van der Waals surface area contributed by atoms with Crippen LogP contribution in [0.15, 0.2) is 29.2 Å². The van der Waals surface area contributed by atoms with Gasteiger partial charge in [-0.05, 0) is 37.7 Å².